The van der Waals surface area contributed by atoms with Crippen molar-refractivity contribution in [2.24, 2.45) is 7.05 Å². The molecule has 2 aromatic rings. The first-order chi connectivity index (χ1) is 12.3. The number of carbonyl (C=O) groups is 1. The third-order valence-electron chi connectivity index (χ3n) is 4.76. The van der Waals surface area contributed by atoms with Crippen molar-refractivity contribution in [1.82, 2.24) is 24.5 Å². The van der Waals surface area contributed by atoms with Gasteiger partial charge in [-0.15, -0.1) is 0 Å². The molecule has 0 saturated carbocycles. The Bertz CT molecular complexity index is 780. The van der Waals surface area contributed by atoms with Gasteiger partial charge in [-0.3, -0.25) is 14.2 Å². The van der Waals surface area contributed by atoms with E-state index in [1.165, 1.54) is 0 Å². The quantitative estimate of drug-likeness (QED) is 0.866. The Morgan fingerprint density at radius 2 is 2.19 bits per heavy atom. The second-order valence-electron chi connectivity index (χ2n) is 7.09. The Morgan fingerprint density at radius 1 is 1.42 bits per heavy atom. The van der Waals surface area contributed by atoms with Gasteiger partial charge in [0.05, 0.1) is 23.6 Å². The summed E-state index contributed by atoms with van der Waals surface area (Å²) in [6.07, 6.45) is 1.62. The average Bonchev–Trinajstić information content (AvgIpc) is 3.14. The number of ether oxygens (including phenoxy) is 1. The fraction of sp³-hybridized carbons (Fsp3) is 0.611. The number of aromatic nitrogens is 4. The van der Waals surface area contributed by atoms with Gasteiger partial charge in [0.1, 0.15) is 11.7 Å². The summed E-state index contributed by atoms with van der Waals surface area (Å²) < 4.78 is 9.13. The van der Waals surface area contributed by atoms with Gasteiger partial charge in [0.2, 0.25) is 0 Å². The first kappa shape index (κ1) is 18.6. The molecule has 0 radical (unpaired) electrons. The van der Waals surface area contributed by atoms with E-state index in [4.69, 9.17) is 4.74 Å². The molecule has 0 bridgehead atoms. The number of nitrogens with zero attached hydrogens (tertiary/aromatic N) is 5. The van der Waals surface area contributed by atoms with Crippen LogP contribution in [-0.4, -0.2) is 54.2 Å². The molecule has 3 heterocycles. The zero-order valence-corrected chi connectivity index (χ0v) is 15.8. The van der Waals surface area contributed by atoms with E-state index in [9.17, 15) is 9.90 Å². The van der Waals surface area contributed by atoms with Crippen molar-refractivity contribution in [2.45, 2.75) is 52.0 Å². The highest BCUT2D eigenvalue weighted by Crippen LogP contribution is 2.24. The molecule has 142 valence electrons. The predicted octanol–water partition coefficient (Wildman–Crippen LogP) is 1.25. The first-order valence-electron chi connectivity index (χ1n) is 8.99. The minimum absolute atomic E-state index is 0.0252. The van der Waals surface area contributed by atoms with Crippen LogP contribution in [0.15, 0.2) is 18.3 Å². The van der Waals surface area contributed by atoms with Crippen molar-refractivity contribution in [1.29, 1.82) is 0 Å². The number of aryl methyl sites for hydroxylation is 2. The van der Waals surface area contributed by atoms with E-state index < -0.39 is 11.7 Å². The molecule has 1 amide bonds. The maximum Gasteiger partial charge on any atom is 0.254 e. The number of fused-ring (bicyclic) bond motifs is 1. The summed E-state index contributed by atoms with van der Waals surface area (Å²) in [5, 5.41) is 19.3. The highest BCUT2D eigenvalue weighted by Gasteiger charge is 2.34. The van der Waals surface area contributed by atoms with Gasteiger partial charge in [-0.25, -0.2) is 0 Å². The van der Waals surface area contributed by atoms with Crippen LogP contribution in [0.1, 0.15) is 50.4 Å². The van der Waals surface area contributed by atoms with Crippen LogP contribution < -0.4 is 0 Å². The van der Waals surface area contributed by atoms with Crippen molar-refractivity contribution < 1.29 is 14.6 Å². The first-order valence-corrected chi connectivity index (χ1v) is 8.99. The average molecular weight is 361 g/mol. The van der Waals surface area contributed by atoms with E-state index in [-0.39, 0.29) is 5.91 Å². The number of rotatable bonds is 5. The van der Waals surface area contributed by atoms with E-state index >= 15 is 0 Å². The molecular weight excluding hydrogens is 334 g/mol. The zero-order chi connectivity index (χ0) is 18.9. The minimum Gasteiger partial charge on any atom is -0.380 e. The van der Waals surface area contributed by atoms with Gasteiger partial charge >= 0.3 is 0 Å². The summed E-state index contributed by atoms with van der Waals surface area (Å²) in [4.78, 5) is 14.7. The molecule has 8 nitrogen and oxygen atoms in total. The topological polar surface area (TPSA) is 85.4 Å². The van der Waals surface area contributed by atoms with Gasteiger partial charge in [0.15, 0.2) is 0 Å². The summed E-state index contributed by atoms with van der Waals surface area (Å²) in [5.74, 6) is -0.0252. The lowest BCUT2D eigenvalue weighted by atomic mass is 10.1. The summed E-state index contributed by atoms with van der Waals surface area (Å²) in [5.41, 5.74) is 1.33. The summed E-state index contributed by atoms with van der Waals surface area (Å²) in [7, 11) is 1.79. The molecule has 2 aromatic heterocycles. The minimum atomic E-state index is -0.846. The molecule has 1 N–H and O–H groups in total. The summed E-state index contributed by atoms with van der Waals surface area (Å²) in [6, 6.07) is 3.65. The van der Waals surface area contributed by atoms with Crippen LogP contribution in [0.4, 0.5) is 0 Å². The molecule has 1 aliphatic rings. The van der Waals surface area contributed by atoms with Crippen LogP contribution in [0.3, 0.4) is 0 Å². The van der Waals surface area contributed by atoms with Gasteiger partial charge < -0.3 is 14.7 Å². The van der Waals surface area contributed by atoms with Gasteiger partial charge in [0.25, 0.3) is 5.91 Å². The van der Waals surface area contributed by atoms with Gasteiger partial charge in [-0.05, 0) is 39.3 Å². The molecule has 26 heavy (non-hydrogen) atoms. The maximum atomic E-state index is 12.9. The normalized spacial score (nSPS) is 16.3. The van der Waals surface area contributed by atoms with Crippen LogP contribution in [0.25, 0.3) is 0 Å². The number of hydrogen-bond donors (Lipinski definition) is 1. The maximum absolute atomic E-state index is 12.9. The zero-order valence-electron chi connectivity index (χ0n) is 15.8. The molecule has 0 fully saturated rings. The van der Waals surface area contributed by atoms with E-state index in [1.807, 2.05) is 22.6 Å². The second kappa shape index (κ2) is 7.20. The lowest BCUT2D eigenvalue weighted by Gasteiger charge is -2.30. The molecule has 0 saturated heterocycles. The predicted molar refractivity (Wildman–Crippen MR) is 95.2 cm³/mol. The van der Waals surface area contributed by atoms with Crippen molar-refractivity contribution in [3.63, 3.8) is 0 Å². The number of aliphatic hydroxyl groups is 1. The van der Waals surface area contributed by atoms with Crippen LogP contribution in [-0.2, 0) is 29.7 Å². The van der Waals surface area contributed by atoms with Crippen LogP contribution in [0.5, 0.6) is 0 Å². The van der Waals surface area contributed by atoms with Crippen molar-refractivity contribution in [3.8, 4) is 0 Å². The largest absolute Gasteiger partial charge is 0.380 e. The fourth-order valence-corrected chi connectivity index (χ4v) is 3.40. The van der Waals surface area contributed by atoms with E-state index in [0.717, 1.165) is 12.1 Å². The number of hydrogen-bond acceptors (Lipinski definition) is 5. The van der Waals surface area contributed by atoms with Crippen LogP contribution >= 0.6 is 0 Å². The van der Waals surface area contributed by atoms with E-state index in [1.54, 1.807) is 37.8 Å². The second-order valence-corrected chi connectivity index (χ2v) is 7.09. The smallest absolute Gasteiger partial charge is 0.254 e. The summed E-state index contributed by atoms with van der Waals surface area (Å²) in [6.45, 7) is 7.83. The van der Waals surface area contributed by atoms with Crippen molar-refractivity contribution >= 4 is 5.91 Å². The molecule has 0 spiro atoms. The fourth-order valence-electron chi connectivity index (χ4n) is 3.40. The van der Waals surface area contributed by atoms with Crippen LogP contribution in [0, 0.1) is 0 Å². The molecule has 8 heteroatoms. The Morgan fingerprint density at radius 3 is 2.85 bits per heavy atom. The molecule has 1 atom stereocenters. The number of aliphatic hydroxyl groups excluding tert-OH is 1. The van der Waals surface area contributed by atoms with Crippen LogP contribution in [0.2, 0.25) is 0 Å². The van der Waals surface area contributed by atoms with Gasteiger partial charge in [0, 0.05) is 32.9 Å². The highest BCUT2D eigenvalue weighted by molar-refractivity contribution is 5.84. The Labute approximate surface area is 153 Å². The number of carbonyl (C=O) groups excluding carboxylic acids is 1. The molecule has 3 rings (SSSR count). The molecule has 0 aromatic carbocycles. The third-order valence-corrected chi connectivity index (χ3v) is 4.76. The molecule has 0 aliphatic carbocycles. The lowest BCUT2D eigenvalue weighted by Crippen LogP contribution is -2.46. The monoisotopic (exact) mass is 361 g/mol. The lowest BCUT2D eigenvalue weighted by molar-refractivity contribution is -0.154. The standard InChI is InChI=1S/C18H27N5O3/c1-5-26-18(2,3)17(25)22-9-6-10-23-13(12-22)11-14(20-23)16(24)15-7-8-19-21(15)4/h7-8,11,16,24H,5-6,9-10,12H2,1-4H3/t16-/m1/s1. The van der Waals surface area contributed by atoms with E-state index in [0.29, 0.717) is 37.6 Å². The Balaban J connectivity index is 1.82. The Hall–Kier alpha value is -2.19. The van der Waals surface area contributed by atoms with Gasteiger partial charge in [-0.2, -0.15) is 10.2 Å². The van der Waals surface area contributed by atoms with Crippen molar-refractivity contribution in [3.05, 3.63) is 35.4 Å². The molecular formula is C18H27N5O3. The highest BCUT2D eigenvalue weighted by atomic mass is 16.5. The Kier molecular flexibility index (Phi) is 5.15. The SMILES string of the molecule is CCOC(C)(C)C(=O)N1CCCn2nc([C@@H](O)c3ccnn3C)cc2C1. The molecule has 1 aliphatic heterocycles. The van der Waals surface area contributed by atoms with Crippen molar-refractivity contribution in [2.75, 3.05) is 13.2 Å². The van der Waals surface area contributed by atoms with Gasteiger partial charge in [-0.1, -0.05) is 0 Å². The number of amides is 1. The van der Waals surface area contributed by atoms with E-state index in [2.05, 4.69) is 10.2 Å². The third kappa shape index (κ3) is 3.52. The summed E-state index contributed by atoms with van der Waals surface area (Å²) >= 11 is 0. The molecule has 0 unspecified atom stereocenters.